The first-order valence-electron chi connectivity index (χ1n) is 5.61. The summed E-state index contributed by atoms with van der Waals surface area (Å²) in [6, 6.07) is 1.81. The van der Waals surface area contributed by atoms with Gasteiger partial charge in [-0.1, -0.05) is 11.6 Å². The summed E-state index contributed by atoms with van der Waals surface area (Å²) in [7, 11) is 1.65. The number of halogens is 1. The zero-order valence-corrected chi connectivity index (χ0v) is 11.2. The van der Waals surface area contributed by atoms with Gasteiger partial charge in [-0.3, -0.25) is 9.48 Å². The van der Waals surface area contributed by atoms with Crippen LogP contribution in [0.4, 0.5) is 0 Å². The van der Waals surface area contributed by atoms with Gasteiger partial charge in [-0.15, -0.1) is 0 Å². The molecule has 20 heavy (non-hydrogen) atoms. The molecule has 0 aliphatic heterocycles. The van der Waals surface area contributed by atoms with Crippen LogP contribution < -0.4 is 5.32 Å². The molecule has 0 saturated heterocycles. The second-order valence-corrected chi connectivity index (χ2v) is 4.39. The van der Waals surface area contributed by atoms with E-state index in [1.54, 1.807) is 13.1 Å². The van der Waals surface area contributed by atoms with E-state index in [1.165, 1.54) is 29.3 Å². The third-order valence-electron chi connectivity index (χ3n) is 2.58. The normalized spacial score (nSPS) is 11.9. The van der Waals surface area contributed by atoms with Gasteiger partial charge in [0.2, 0.25) is 0 Å². The summed E-state index contributed by atoms with van der Waals surface area (Å²) in [4.78, 5) is 27.1. The Morgan fingerprint density at radius 1 is 1.50 bits per heavy atom. The molecule has 2 heterocycles. The van der Waals surface area contributed by atoms with Crippen molar-refractivity contribution in [3.63, 3.8) is 0 Å². The molecule has 2 aromatic heterocycles. The van der Waals surface area contributed by atoms with Crippen LogP contribution in [0.15, 0.2) is 30.7 Å². The molecule has 2 aromatic rings. The topological polar surface area (TPSA) is 97.1 Å². The Balaban J connectivity index is 2.23. The molecule has 8 heteroatoms. The van der Waals surface area contributed by atoms with Crippen molar-refractivity contribution in [1.82, 2.24) is 20.1 Å². The zero-order chi connectivity index (χ0) is 14.7. The largest absolute Gasteiger partial charge is 0.479 e. The minimum absolute atomic E-state index is 0.0142. The molecule has 0 fully saturated rings. The molecule has 0 aliphatic carbocycles. The van der Waals surface area contributed by atoms with E-state index in [2.05, 4.69) is 15.4 Å². The number of nitrogens with zero attached hydrogens (tertiary/aromatic N) is 3. The Labute approximate surface area is 119 Å². The van der Waals surface area contributed by atoms with Crippen LogP contribution in [-0.2, 0) is 11.8 Å². The summed E-state index contributed by atoms with van der Waals surface area (Å²) in [5.74, 6) is -1.80. The standard InChI is InChI=1S/C12H11ClN4O3/c1-17-6-7(5-15-17)9(12(19)20)16-11(18)8-3-2-4-14-10(8)13/h2-6,9H,1H3,(H,16,18)(H,19,20). The van der Waals surface area contributed by atoms with Crippen molar-refractivity contribution in [3.8, 4) is 0 Å². The summed E-state index contributed by atoms with van der Waals surface area (Å²) in [6.07, 6.45) is 4.34. The van der Waals surface area contributed by atoms with Gasteiger partial charge in [-0.25, -0.2) is 9.78 Å². The average molecular weight is 295 g/mol. The van der Waals surface area contributed by atoms with Crippen molar-refractivity contribution >= 4 is 23.5 Å². The molecule has 104 valence electrons. The lowest BCUT2D eigenvalue weighted by Crippen LogP contribution is -2.33. The maximum Gasteiger partial charge on any atom is 0.331 e. The third kappa shape index (κ3) is 2.94. The molecule has 2 N–H and O–H groups in total. The molecule has 0 spiro atoms. The molecule has 0 radical (unpaired) electrons. The van der Waals surface area contributed by atoms with Crippen molar-refractivity contribution < 1.29 is 14.7 Å². The number of carboxylic acid groups (broad SMARTS) is 1. The first kappa shape index (κ1) is 14.0. The highest BCUT2D eigenvalue weighted by atomic mass is 35.5. The fraction of sp³-hybridized carbons (Fsp3) is 0.167. The van der Waals surface area contributed by atoms with Crippen molar-refractivity contribution in [3.05, 3.63) is 47.0 Å². The van der Waals surface area contributed by atoms with E-state index in [0.717, 1.165) is 0 Å². The van der Waals surface area contributed by atoms with Gasteiger partial charge in [0.05, 0.1) is 11.8 Å². The summed E-state index contributed by atoms with van der Waals surface area (Å²) in [6.45, 7) is 0. The highest BCUT2D eigenvalue weighted by Gasteiger charge is 2.24. The van der Waals surface area contributed by atoms with Crippen LogP contribution in [0.2, 0.25) is 5.15 Å². The number of aryl methyl sites for hydroxylation is 1. The van der Waals surface area contributed by atoms with Gasteiger partial charge in [0, 0.05) is 25.0 Å². The fourth-order valence-corrected chi connectivity index (χ4v) is 1.85. The number of aromatic nitrogens is 3. The number of pyridine rings is 1. The molecule has 0 aliphatic rings. The van der Waals surface area contributed by atoms with Crippen molar-refractivity contribution in [2.24, 2.45) is 7.05 Å². The second-order valence-electron chi connectivity index (χ2n) is 4.03. The van der Waals surface area contributed by atoms with Crippen molar-refractivity contribution in [1.29, 1.82) is 0 Å². The lowest BCUT2D eigenvalue weighted by Gasteiger charge is -2.13. The lowest BCUT2D eigenvalue weighted by molar-refractivity contribution is -0.139. The zero-order valence-electron chi connectivity index (χ0n) is 10.4. The summed E-state index contributed by atoms with van der Waals surface area (Å²) < 4.78 is 1.45. The summed E-state index contributed by atoms with van der Waals surface area (Å²) in [5, 5.41) is 15.5. The Morgan fingerprint density at radius 2 is 2.25 bits per heavy atom. The number of aliphatic carboxylic acids is 1. The summed E-state index contributed by atoms with van der Waals surface area (Å²) >= 11 is 5.80. The molecular formula is C12H11ClN4O3. The predicted molar refractivity (Wildman–Crippen MR) is 70.3 cm³/mol. The van der Waals surface area contributed by atoms with Gasteiger partial charge >= 0.3 is 5.97 Å². The van der Waals surface area contributed by atoms with Gasteiger partial charge < -0.3 is 10.4 Å². The highest BCUT2D eigenvalue weighted by Crippen LogP contribution is 2.16. The molecule has 1 amide bonds. The van der Waals surface area contributed by atoms with E-state index in [9.17, 15) is 14.7 Å². The molecule has 1 unspecified atom stereocenters. The third-order valence-corrected chi connectivity index (χ3v) is 2.89. The number of carboxylic acids is 1. The number of carbonyl (C=O) groups is 2. The maximum atomic E-state index is 12.0. The smallest absolute Gasteiger partial charge is 0.331 e. The van der Waals surface area contributed by atoms with Crippen molar-refractivity contribution in [2.45, 2.75) is 6.04 Å². The molecule has 0 aromatic carbocycles. The number of rotatable bonds is 4. The van der Waals surface area contributed by atoms with Gasteiger partial charge in [0.25, 0.3) is 5.91 Å². The fourth-order valence-electron chi connectivity index (χ4n) is 1.64. The van der Waals surface area contributed by atoms with E-state index in [-0.39, 0.29) is 10.7 Å². The van der Waals surface area contributed by atoms with E-state index < -0.39 is 17.9 Å². The number of nitrogens with one attached hydrogen (secondary N) is 1. The Hall–Kier alpha value is -2.41. The highest BCUT2D eigenvalue weighted by molar-refractivity contribution is 6.32. The van der Waals surface area contributed by atoms with E-state index in [1.807, 2.05) is 0 Å². The first-order chi connectivity index (χ1) is 9.49. The second kappa shape index (κ2) is 5.70. The van der Waals surface area contributed by atoms with Crippen molar-refractivity contribution in [2.75, 3.05) is 0 Å². The molecule has 0 saturated carbocycles. The molecule has 7 nitrogen and oxygen atoms in total. The Bertz CT molecular complexity index is 656. The van der Waals surface area contributed by atoms with Crippen LogP contribution in [0.3, 0.4) is 0 Å². The van der Waals surface area contributed by atoms with Crippen LogP contribution in [0, 0.1) is 0 Å². The maximum absolute atomic E-state index is 12.0. The number of hydrogen-bond donors (Lipinski definition) is 2. The van der Waals surface area contributed by atoms with Crippen LogP contribution in [-0.4, -0.2) is 31.7 Å². The first-order valence-corrected chi connectivity index (χ1v) is 5.99. The van der Waals surface area contributed by atoms with Crippen LogP contribution >= 0.6 is 11.6 Å². The Kier molecular flexibility index (Phi) is 3.99. The molecule has 2 rings (SSSR count). The monoisotopic (exact) mass is 294 g/mol. The SMILES string of the molecule is Cn1cc(C(NC(=O)c2cccnc2Cl)C(=O)O)cn1. The number of carbonyl (C=O) groups excluding carboxylic acids is 1. The average Bonchev–Trinajstić information content (AvgIpc) is 2.82. The van der Waals surface area contributed by atoms with Crippen LogP contribution in [0.1, 0.15) is 22.0 Å². The van der Waals surface area contributed by atoms with E-state index in [4.69, 9.17) is 11.6 Å². The Morgan fingerprint density at radius 3 is 2.80 bits per heavy atom. The lowest BCUT2D eigenvalue weighted by atomic mass is 10.1. The van der Waals surface area contributed by atoms with E-state index in [0.29, 0.717) is 5.56 Å². The number of amides is 1. The van der Waals surface area contributed by atoms with Gasteiger partial charge in [0.15, 0.2) is 6.04 Å². The van der Waals surface area contributed by atoms with Gasteiger partial charge in [-0.05, 0) is 12.1 Å². The molecule has 1 atom stereocenters. The quantitative estimate of drug-likeness (QED) is 0.821. The minimum atomic E-state index is -1.20. The molecular weight excluding hydrogens is 284 g/mol. The van der Waals surface area contributed by atoms with E-state index >= 15 is 0 Å². The van der Waals surface area contributed by atoms with Gasteiger partial charge in [-0.2, -0.15) is 5.10 Å². The number of hydrogen-bond acceptors (Lipinski definition) is 4. The molecule has 0 bridgehead atoms. The minimum Gasteiger partial charge on any atom is -0.479 e. The van der Waals surface area contributed by atoms with Gasteiger partial charge in [0.1, 0.15) is 5.15 Å². The summed E-state index contributed by atoms with van der Waals surface area (Å²) in [5.41, 5.74) is 0.484. The van der Waals surface area contributed by atoms with Crippen LogP contribution in [0.25, 0.3) is 0 Å². The predicted octanol–water partition coefficient (Wildman–Crippen LogP) is 1.02. The van der Waals surface area contributed by atoms with Crippen LogP contribution in [0.5, 0.6) is 0 Å².